The maximum absolute atomic E-state index is 12.8. The van der Waals surface area contributed by atoms with Crippen LogP contribution in [0, 0.1) is 5.92 Å². The van der Waals surface area contributed by atoms with E-state index in [4.69, 9.17) is 4.74 Å². The minimum absolute atomic E-state index is 0.0327. The van der Waals surface area contributed by atoms with Crippen molar-refractivity contribution >= 4 is 15.9 Å². The monoisotopic (exact) mass is 411 g/mol. The van der Waals surface area contributed by atoms with Gasteiger partial charge in [0.2, 0.25) is 15.9 Å². The van der Waals surface area contributed by atoms with E-state index in [1.165, 1.54) is 4.31 Å². The van der Waals surface area contributed by atoms with E-state index < -0.39 is 10.0 Å². The zero-order valence-electron chi connectivity index (χ0n) is 17.2. The first-order valence-electron chi connectivity index (χ1n) is 10.1. The summed E-state index contributed by atoms with van der Waals surface area (Å²) in [5.41, 5.74) is 0. The Bertz CT molecular complexity index is 709. The van der Waals surface area contributed by atoms with Crippen LogP contribution < -0.4 is 10.1 Å². The van der Waals surface area contributed by atoms with E-state index in [9.17, 15) is 13.2 Å². The smallest absolute Gasteiger partial charge is 0.243 e. The zero-order valence-corrected chi connectivity index (χ0v) is 18.0. The van der Waals surface area contributed by atoms with Gasteiger partial charge in [0.05, 0.1) is 11.5 Å². The minimum Gasteiger partial charge on any atom is -0.494 e. The Hall–Kier alpha value is -1.64. The molecule has 0 radical (unpaired) electrons. The average molecular weight is 412 g/mol. The molecule has 1 aliphatic rings. The van der Waals surface area contributed by atoms with Crippen LogP contribution in [0.3, 0.4) is 0 Å². The van der Waals surface area contributed by atoms with Gasteiger partial charge in [0.25, 0.3) is 0 Å². The number of amides is 1. The SMILES string of the molecule is CCOc1ccc(S(=O)(=O)N2CCC(C(=O)NCCN(CC)CC)CC2)cc1. The zero-order chi connectivity index (χ0) is 20.6. The number of sulfonamides is 1. The Morgan fingerprint density at radius 1 is 1.14 bits per heavy atom. The van der Waals surface area contributed by atoms with Crippen molar-refractivity contribution in [1.29, 1.82) is 0 Å². The third-order valence-corrected chi connectivity index (χ3v) is 7.13. The molecule has 0 aromatic heterocycles. The van der Waals surface area contributed by atoms with Crippen LogP contribution in [0.15, 0.2) is 29.2 Å². The fourth-order valence-corrected chi connectivity index (χ4v) is 4.87. The second-order valence-corrected chi connectivity index (χ2v) is 8.84. The lowest BCUT2D eigenvalue weighted by atomic mass is 9.97. The molecular formula is C20H33N3O4S. The summed E-state index contributed by atoms with van der Waals surface area (Å²) in [6.07, 6.45) is 1.10. The molecule has 1 aliphatic heterocycles. The Morgan fingerprint density at radius 2 is 1.75 bits per heavy atom. The van der Waals surface area contributed by atoms with E-state index in [-0.39, 0.29) is 16.7 Å². The number of likely N-dealkylation sites (N-methyl/N-ethyl adjacent to an activating group) is 1. The van der Waals surface area contributed by atoms with Crippen molar-refractivity contribution in [3.8, 4) is 5.75 Å². The van der Waals surface area contributed by atoms with E-state index in [0.717, 1.165) is 19.6 Å². The highest BCUT2D eigenvalue weighted by molar-refractivity contribution is 7.89. The molecule has 0 saturated carbocycles. The van der Waals surface area contributed by atoms with Crippen molar-refractivity contribution in [3.05, 3.63) is 24.3 Å². The van der Waals surface area contributed by atoms with Crippen LogP contribution in [0.5, 0.6) is 5.75 Å². The summed E-state index contributed by atoms with van der Waals surface area (Å²) in [6, 6.07) is 6.50. The molecule has 28 heavy (non-hydrogen) atoms. The standard InChI is InChI=1S/C20H33N3O4S/c1-4-22(5-2)16-13-21-20(24)17-11-14-23(15-12-17)28(25,26)19-9-7-18(8-10-19)27-6-3/h7-10,17H,4-6,11-16H2,1-3H3,(H,21,24). The highest BCUT2D eigenvalue weighted by Gasteiger charge is 2.32. The van der Waals surface area contributed by atoms with Gasteiger partial charge >= 0.3 is 0 Å². The molecule has 0 aliphatic carbocycles. The Labute approximate surface area is 169 Å². The third-order valence-electron chi connectivity index (χ3n) is 5.22. The molecular weight excluding hydrogens is 378 g/mol. The van der Waals surface area contributed by atoms with Crippen molar-refractivity contribution in [2.24, 2.45) is 5.92 Å². The molecule has 0 bridgehead atoms. The van der Waals surface area contributed by atoms with Crippen LogP contribution in [-0.2, 0) is 14.8 Å². The van der Waals surface area contributed by atoms with Crippen molar-refractivity contribution < 1.29 is 17.9 Å². The van der Waals surface area contributed by atoms with E-state index in [1.807, 2.05) is 6.92 Å². The highest BCUT2D eigenvalue weighted by Crippen LogP contribution is 2.25. The predicted octanol–water partition coefficient (Wildman–Crippen LogP) is 1.94. The van der Waals surface area contributed by atoms with Gasteiger partial charge in [0, 0.05) is 32.1 Å². The van der Waals surface area contributed by atoms with Crippen LogP contribution in [0.1, 0.15) is 33.6 Å². The van der Waals surface area contributed by atoms with Gasteiger partial charge in [-0.05, 0) is 57.1 Å². The second kappa shape index (κ2) is 10.8. The first-order valence-corrected chi connectivity index (χ1v) is 11.6. The Balaban J connectivity index is 1.85. The number of nitrogens with one attached hydrogen (secondary N) is 1. The predicted molar refractivity (Wildman–Crippen MR) is 110 cm³/mol. The third kappa shape index (κ3) is 5.93. The van der Waals surface area contributed by atoms with Crippen molar-refractivity contribution in [2.45, 2.75) is 38.5 Å². The summed E-state index contributed by atoms with van der Waals surface area (Å²) >= 11 is 0. The quantitative estimate of drug-likeness (QED) is 0.637. The largest absolute Gasteiger partial charge is 0.494 e. The summed E-state index contributed by atoms with van der Waals surface area (Å²) in [4.78, 5) is 14.9. The molecule has 0 atom stereocenters. The average Bonchev–Trinajstić information content (AvgIpc) is 2.72. The molecule has 1 aromatic rings. The number of rotatable bonds is 10. The molecule has 1 fully saturated rings. The van der Waals surface area contributed by atoms with Gasteiger partial charge in [-0.15, -0.1) is 0 Å². The molecule has 0 unspecified atom stereocenters. The van der Waals surface area contributed by atoms with Crippen molar-refractivity contribution in [1.82, 2.24) is 14.5 Å². The van der Waals surface area contributed by atoms with Gasteiger partial charge in [0.15, 0.2) is 0 Å². The van der Waals surface area contributed by atoms with Crippen LogP contribution in [0.4, 0.5) is 0 Å². The summed E-state index contributed by atoms with van der Waals surface area (Å²) < 4.78 is 32.5. The number of carbonyl (C=O) groups is 1. The Morgan fingerprint density at radius 3 is 2.29 bits per heavy atom. The summed E-state index contributed by atoms with van der Waals surface area (Å²) in [6.45, 7) is 10.8. The molecule has 0 spiro atoms. The van der Waals surface area contributed by atoms with Crippen LogP contribution in [-0.4, -0.2) is 69.4 Å². The van der Waals surface area contributed by atoms with Gasteiger partial charge < -0.3 is 15.0 Å². The number of hydrogen-bond donors (Lipinski definition) is 1. The topological polar surface area (TPSA) is 79.0 Å². The van der Waals surface area contributed by atoms with Gasteiger partial charge in [-0.2, -0.15) is 4.31 Å². The summed E-state index contributed by atoms with van der Waals surface area (Å²) in [7, 11) is -3.54. The number of ether oxygens (including phenoxy) is 1. The van der Waals surface area contributed by atoms with Crippen LogP contribution in [0.25, 0.3) is 0 Å². The minimum atomic E-state index is -3.54. The fraction of sp³-hybridized carbons (Fsp3) is 0.650. The number of piperidine rings is 1. The molecule has 1 amide bonds. The van der Waals surface area contributed by atoms with Crippen molar-refractivity contribution in [2.75, 3.05) is 45.9 Å². The van der Waals surface area contributed by atoms with Crippen LogP contribution in [0.2, 0.25) is 0 Å². The van der Waals surface area contributed by atoms with Gasteiger partial charge in [-0.25, -0.2) is 8.42 Å². The van der Waals surface area contributed by atoms with Gasteiger partial charge in [-0.1, -0.05) is 13.8 Å². The highest BCUT2D eigenvalue weighted by atomic mass is 32.2. The number of hydrogen-bond acceptors (Lipinski definition) is 5. The summed E-state index contributed by atoms with van der Waals surface area (Å²) in [5, 5.41) is 2.99. The molecule has 1 saturated heterocycles. The number of nitrogens with zero attached hydrogens (tertiary/aromatic N) is 2. The van der Waals surface area contributed by atoms with E-state index in [1.54, 1.807) is 24.3 Å². The first-order chi connectivity index (χ1) is 13.4. The lowest BCUT2D eigenvalue weighted by molar-refractivity contribution is -0.126. The maximum atomic E-state index is 12.8. The summed E-state index contributed by atoms with van der Waals surface area (Å²) in [5.74, 6) is 0.565. The molecule has 7 nitrogen and oxygen atoms in total. The van der Waals surface area contributed by atoms with E-state index >= 15 is 0 Å². The number of carbonyl (C=O) groups excluding carboxylic acids is 1. The Kier molecular flexibility index (Phi) is 8.72. The molecule has 8 heteroatoms. The lowest BCUT2D eigenvalue weighted by Gasteiger charge is -2.30. The lowest BCUT2D eigenvalue weighted by Crippen LogP contribution is -2.44. The molecule has 2 rings (SSSR count). The van der Waals surface area contributed by atoms with Crippen LogP contribution >= 0.6 is 0 Å². The maximum Gasteiger partial charge on any atom is 0.243 e. The second-order valence-electron chi connectivity index (χ2n) is 6.90. The van der Waals surface area contributed by atoms with Gasteiger partial charge in [0.1, 0.15) is 5.75 Å². The first kappa shape index (κ1) is 22.6. The van der Waals surface area contributed by atoms with E-state index in [0.29, 0.717) is 44.8 Å². The van der Waals surface area contributed by atoms with E-state index in [2.05, 4.69) is 24.1 Å². The van der Waals surface area contributed by atoms with Crippen molar-refractivity contribution in [3.63, 3.8) is 0 Å². The molecule has 1 aromatic carbocycles. The fourth-order valence-electron chi connectivity index (χ4n) is 3.40. The molecule has 1 heterocycles. The van der Waals surface area contributed by atoms with Gasteiger partial charge in [-0.3, -0.25) is 4.79 Å². The number of benzene rings is 1. The molecule has 1 N–H and O–H groups in total. The molecule has 158 valence electrons. The normalized spacial score (nSPS) is 16.3.